The number of ether oxygens (including phenoxy) is 2. The Morgan fingerprint density at radius 3 is 2.45 bits per heavy atom. The number of aryl methyl sites for hydroxylation is 1. The fourth-order valence-electron chi connectivity index (χ4n) is 2.60. The number of nitrogens with zero attached hydrogens (tertiary/aromatic N) is 1. The average molecular weight is 305 g/mol. The number of rotatable bonds is 3. The third-order valence-corrected chi connectivity index (χ3v) is 4.81. The molecule has 0 radical (unpaired) electrons. The maximum atomic E-state index is 6.08. The summed E-state index contributed by atoms with van der Waals surface area (Å²) in [5.74, 6) is 0.633. The summed E-state index contributed by atoms with van der Waals surface area (Å²) in [6.45, 7) is 11.6. The molecule has 1 unspecified atom stereocenters. The Labute approximate surface area is 132 Å². The highest BCUT2D eigenvalue weighted by molar-refractivity contribution is 6.62. The van der Waals surface area contributed by atoms with Crippen LogP contribution in [0.15, 0.2) is 12.3 Å². The monoisotopic (exact) mass is 305 g/mol. The second kappa shape index (κ2) is 5.51. The normalized spacial score (nSPS) is 26.4. The zero-order valence-corrected chi connectivity index (χ0v) is 14.0. The van der Waals surface area contributed by atoms with Gasteiger partial charge in [0.2, 0.25) is 5.88 Å². The summed E-state index contributed by atoms with van der Waals surface area (Å²) < 4.78 is 23.3. The molecule has 3 heterocycles. The van der Waals surface area contributed by atoms with Gasteiger partial charge in [0.15, 0.2) is 0 Å². The third-order valence-electron chi connectivity index (χ3n) is 4.81. The molecule has 2 aliphatic heterocycles. The molecule has 2 aliphatic rings. The summed E-state index contributed by atoms with van der Waals surface area (Å²) in [4.78, 5) is 4.41. The number of pyridine rings is 1. The van der Waals surface area contributed by atoms with Crippen LogP contribution >= 0.6 is 0 Å². The lowest BCUT2D eigenvalue weighted by atomic mass is 9.77. The molecular weight excluding hydrogens is 281 g/mol. The molecule has 120 valence electrons. The van der Waals surface area contributed by atoms with Crippen molar-refractivity contribution in [2.75, 3.05) is 13.2 Å². The Morgan fingerprint density at radius 2 is 1.91 bits per heavy atom. The van der Waals surface area contributed by atoms with Crippen LogP contribution in [0.5, 0.6) is 5.88 Å². The largest absolute Gasteiger partial charge is 0.496 e. The molecule has 1 atom stereocenters. The quantitative estimate of drug-likeness (QED) is 0.798. The van der Waals surface area contributed by atoms with Gasteiger partial charge in [0, 0.05) is 24.1 Å². The van der Waals surface area contributed by atoms with Crippen molar-refractivity contribution in [2.24, 2.45) is 0 Å². The molecule has 0 aromatic carbocycles. The van der Waals surface area contributed by atoms with Crippen LogP contribution in [0.3, 0.4) is 0 Å². The standard InChI is InChI=1S/C16H24BNO4/c1-11-8-14(20-12-6-7-19-10-12)18-9-13(11)17-21-15(2,3)16(4,5)22-17/h8-9,12H,6-7,10H2,1-5H3. The molecule has 0 aliphatic carbocycles. The van der Waals surface area contributed by atoms with Crippen molar-refractivity contribution in [1.29, 1.82) is 0 Å². The number of aromatic nitrogens is 1. The lowest BCUT2D eigenvalue weighted by molar-refractivity contribution is 0.00578. The molecule has 0 spiro atoms. The van der Waals surface area contributed by atoms with Crippen LogP contribution in [0.4, 0.5) is 0 Å². The van der Waals surface area contributed by atoms with Crippen LogP contribution < -0.4 is 10.2 Å². The van der Waals surface area contributed by atoms with Gasteiger partial charge in [-0.2, -0.15) is 0 Å². The fourth-order valence-corrected chi connectivity index (χ4v) is 2.60. The van der Waals surface area contributed by atoms with Gasteiger partial charge in [-0.05, 0) is 40.2 Å². The summed E-state index contributed by atoms with van der Waals surface area (Å²) in [7, 11) is -0.388. The predicted octanol–water partition coefficient (Wildman–Crippen LogP) is 1.86. The highest BCUT2D eigenvalue weighted by Crippen LogP contribution is 2.36. The summed E-state index contributed by atoms with van der Waals surface area (Å²) in [5.41, 5.74) is 1.32. The van der Waals surface area contributed by atoms with Gasteiger partial charge in [-0.25, -0.2) is 4.98 Å². The smallest absolute Gasteiger partial charge is 0.472 e. The Bertz CT molecular complexity index is 539. The highest BCUT2D eigenvalue weighted by Gasteiger charge is 2.52. The van der Waals surface area contributed by atoms with Gasteiger partial charge in [0.1, 0.15) is 6.10 Å². The van der Waals surface area contributed by atoms with Crippen molar-refractivity contribution in [1.82, 2.24) is 4.98 Å². The second-order valence-corrected chi connectivity index (χ2v) is 7.07. The molecule has 6 heteroatoms. The first kappa shape index (κ1) is 15.8. The SMILES string of the molecule is Cc1cc(OC2CCOC2)ncc1B1OC(C)(C)C(C)(C)O1. The van der Waals surface area contributed by atoms with E-state index < -0.39 is 0 Å². The Balaban J connectivity index is 1.75. The van der Waals surface area contributed by atoms with Gasteiger partial charge in [-0.15, -0.1) is 0 Å². The first-order valence-electron chi connectivity index (χ1n) is 7.85. The average Bonchev–Trinajstić information content (AvgIpc) is 2.96. The second-order valence-electron chi connectivity index (χ2n) is 7.07. The van der Waals surface area contributed by atoms with E-state index in [1.807, 2.05) is 40.7 Å². The molecule has 2 saturated heterocycles. The van der Waals surface area contributed by atoms with Gasteiger partial charge in [0.25, 0.3) is 0 Å². The van der Waals surface area contributed by atoms with E-state index in [9.17, 15) is 0 Å². The topological polar surface area (TPSA) is 49.8 Å². The van der Waals surface area contributed by atoms with Crippen LogP contribution in [0.25, 0.3) is 0 Å². The van der Waals surface area contributed by atoms with Gasteiger partial charge in [0.05, 0.1) is 24.4 Å². The molecule has 22 heavy (non-hydrogen) atoms. The molecule has 1 aromatic heterocycles. The Hall–Kier alpha value is -1.11. The lowest BCUT2D eigenvalue weighted by Crippen LogP contribution is -2.41. The van der Waals surface area contributed by atoms with E-state index in [0.717, 1.165) is 24.1 Å². The van der Waals surface area contributed by atoms with Crippen LogP contribution in [0, 0.1) is 6.92 Å². The van der Waals surface area contributed by atoms with Crippen molar-refractivity contribution in [3.63, 3.8) is 0 Å². The molecule has 2 fully saturated rings. The first-order valence-corrected chi connectivity index (χ1v) is 7.85. The summed E-state index contributed by atoms with van der Waals surface area (Å²) >= 11 is 0. The maximum absolute atomic E-state index is 6.08. The van der Waals surface area contributed by atoms with Crippen molar-refractivity contribution in [3.05, 3.63) is 17.8 Å². The summed E-state index contributed by atoms with van der Waals surface area (Å²) in [6, 6.07) is 1.94. The third kappa shape index (κ3) is 2.87. The van der Waals surface area contributed by atoms with Crippen LogP contribution in [0.2, 0.25) is 0 Å². The minimum absolute atomic E-state index is 0.106. The molecule has 0 N–H and O–H groups in total. The molecule has 5 nitrogen and oxygen atoms in total. The maximum Gasteiger partial charge on any atom is 0.496 e. The van der Waals surface area contributed by atoms with Crippen LogP contribution in [-0.4, -0.2) is 42.6 Å². The van der Waals surface area contributed by atoms with Crippen LogP contribution in [0.1, 0.15) is 39.7 Å². The van der Waals surface area contributed by atoms with Gasteiger partial charge >= 0.3 is 7.12 Å². The van der Waals surface area contributed by atoms with Gasteiger partial charge in [-0.3, -0.25) is 0 Å². The van der Waals surface area contributed by atoms with E-state index >= 15 is 0 Å². The van der Waals surface area contributed by atoms with E-state index in [1.54, 1.807) is 6.20 Å². The minimum Gasteiger partial charge on any atom is -0.472 e. The molecular formula is C16H24BNO4. The van der Waals surface area contributed by atoms with Gasteiger partial charge in [-0.1, -0.05) is 0 Å². The van der Waals surface area contributed by atoms with Crippen LogP contribution in [-0.2, 0) is 14.0 Å². The Morgan fingerprint density at radius 1 is 1.23 bits per heavy atom. The van der Waals surface area contributed by atoms with Gasteiger partial charge < -0.3 is 18.8 Å². The Kier molecular flexibility index (Phi) is 3.95. The summed E-state index contributed by atoms with van der Waals surface area (Å²) in [5, 5.41) is 0. The fraction of sp³-hybridized carbons (Fsp3) is 0.688. The molecule has 3 rings (SSSR count). The van der Waals surface area contributed by atoms with Crippen molar-refractivity contribution >= 4 is 12.6 Å². The lowest BCUT2D eigenvalue weighted by Gasteiger charge is -2.32. The highest BCUT2D eigenvalue weighted by atomic mass is 16.7. The molecule has 0 amide bonds. The number of hydrogen-bond donors (Lipinski definition) is 0. The molecule has 0 bridgehead atoms. The zero-order valence-electron chi connectivity index (χ0n) is 14.0. The molecule has 1 aromatic rings. The van der Waals surface area contributed by atoms with Crippen molar-refractivity contribution in [2.45, 2.75) is 58.3 Å². The molecule has 0 saturated carbocycles. The first-order chi connectivity index (χ1) is 10.3. The van der Waals surface area contributed by atoms with E-state index in [-0.39, 0.29) is 24.4 Å². The minimum atomic E-state index is -0.388. The van der Waals surface area contributed by atoms with Crippen molar-refractivity contribution in [3.8, 4) is 5.88 Å². The van der Waals surface area contributed by atoms with Crippen molar-refractivity contribution < 1.29 is 18.8 Å². The number of hydrogen-bond acceptors (Lipinski definition) is 5. The van der Waals surface area contributed by atoms with E-state index in [2.05, 4.69) is 4.98 Å². The van der Waals surface area contributed by atoms with E-state index in [1.165, 1.54) is 0 Å². The predicted molar refractivity (Wildman–Crippen MR) is 84.5 cm³/mol. The summed E-state index contributed by atoms with van der Waals surface area (Å²) in [6.07, 6.45) is 2.82. The van der Waals surface area contributed by atoms with E-state index in [4.69, 9.17) is 18.8 Å². The van der Waals surface area contributed by atoms with E-state index in [0.29, 0.717) is 12.5 Å². The zero-order chi connectivity index (χ0) is 16.0.